The molecule has 7 rings (SSSR count). The lowest BCUT2D eigenvalue weighted by Gasteiger charge is -2.70. The first-order valence-electron chi connectivity index (χ1n) is 20.8. The summed E-state index contributed by atoms with van der Waals surface area (Å²) >= 11 is 0. The zero-order valence-electron chi connectivity index (χ0n) is 34.0. The van der Waals surface area contributed by atoms with E-state index < -0.39 is 108 Å². The van der Waals surface area contributed by atoms with Crippen LogP contribution in [-0.4, -0.2) is 127 Å². The number of carbonyl (C=O) groups excluding carboxylic acids is 1. The normalized spacial score (nSPS) is 52.3. The molecule has 6 fully saturated rings. The Kier molecular flexibility index (Phi) is 10.8. The third-order valence-corrected chi connectivity index (χ3v) is 17.0. The van der Waals surface area contributed by atoms with Crippen molar-refractivity contribution in [1.82, 2.24) is 0 Å². The Morgan fingerprint density at radius 3 is 2.07 bits per heavy atom. The molecule has 0 radical (unpaired) electrons. The van der Waals surface area contributed by atoms with Gasteiger partial charge in [0.1, 0.15) is 42.7 Å². The van der Waals surface area contributed by atoms with Gasteiger partial charge in [0.15, 0.2) is 6.29 Å². The molecule has 2 saturated heterocycles. The van der Waals surface area contributed by atoms with Gasteiger partial charge in [-0.15, -0.1) is 0 Å². The van der Waals surface area contributed by atoms with Gasteiger partial charge in [0.2, 0.25) is 6.29 Å². The predicted molar refractivity (Wildman–Crippen MR) is 198 cm³/mol. The smallest absolute Gasteiger partial charge is 0.315 e. The highest BCUT2D eigenvalue weighted by Crippen LogP contribution is 2.76. The Hall–Kier alpha value is -1.72. The first kappa shape index (κ1) is 42.4. The molecule has 0 amide bonds. The number of hydrogen-bond acceptors (Lipinski definition) is 13. The molecule has 7 aliphatic rings. The van der Waals surface area contributed by atoms with Gasteiger partial charge in [-0.2, -0.15) is 0 Å². The molecular formula is C42H66O14. The Labute approximate surface area is 329 Å². The summed E-state index contributed by atoms with van der Waals surface area (Å²) < 4.78 is 23.8. The Bertz CT molecular complexity index is 1560. The van der Waals surface area contributed by atoms with E-state index in [0.29, 0.717) is 38.5 Å². The average Bonchev–Trinajstić information content (AvgIpc) is 3.13. The molecule has 2 heterocycles. The Morgan fingerprint density at radius 2 is 1.41 bits per heavy atom. The Morgan fingerprint density at radius 1 is 0.768 bits per heavy atom. The zero-order valence-corrected chi connectivity index (χ0v) is 34.0. The monoisotopic (exact) mass is 794 g/mol. The summed E-state index contributed by atoms with van der Waals surface area (Å²) in [7, 11) is 0. The largest absolute Gasteiger partial charge is 0.481 e. The van der Waals surface area contributed by atoms with E-state index in [-0.39, 0.29) is 41.6 Å². The van der Waals surface area contributed by atoms with Crippen LogP contribution in [0.2, 0.25) is 0 Å². The number of ether oxygens (including phenoxy) is 4. The maximum Gasteiger partial charge on any atom is 0.315 e. The van der Waals surface area contributed by atoms with Crippen LogP contribution in [0.15, 0.2) is 11.6 Å². The lowest BCUT2D eigenvalue weighted by molar-refractivity contribution is -0.324. The third-order valence-electron chi connectivity index (χ3n) is 17.0. The third kappa shape index (κ3) is 6.01. The number of fused-ring (bicyclic) bond motifs is 7. The molecule has 2 aliphatic heterocycles. The lowest BCUT2D eigenvalue weighted by Crippen LogP contribution is -2.68. The zero-order chi connectivity index (χ0) is 41.1. The van der Waals surface area contributed by atoms with Crippen LogP contribution in [0.1, 0.15) is 113 Å². The van der Waals surface area contributed by atoms with Gasteiger partial charge in [-0.25, -0.2) is 0 Å². The van der Waals surface area contributed by atoms with E-state index in [1.807, 2.05) is 0 Å². The highest BCUT2D eigenvalue weighted by molar-refractivity contribution is 5.85. The standard InChI is InChI=1S/C42H66O14/c1-20-27(44)29(46)31(48)33(53-20)55-26-11-12-39(6)24(38(26,4)5)10-13-40(7)25(39)9-8-21-22-18-37(2,3)14-15-41(22,16-17-42(21,40)35(50)51)36(52)56-34-32(49)30(47)28(45)23(19-43)54-34/h8,20,22-34,43-49H,9-19H2,1-7H3,(H,50,51). The molecule has 14 heteroatoms. The van der Waals surface area contributed by atoms with Crippen molar-refractivity contribution in [3.8, 4) is 0 Å². The van der Waals surface area contributed by atoms with Crippen LogP contribution in [0, 0.1) is 50.2 Å². The minimum atomic E-state index is -1.74. The number of carboxylic acids is 1. The van der Waals surface area contributed by atoms with Crippen LogP contribution < -0.4 is 0 Å². The summed E-state index contributed by atoms with van der Waals surface area (Å²) in [6.45, 7) is 14.1. The maximum absolute atomic E-state index is 14.6. The van der Waals surface area contributed by atoms with Crippen molar-refractivity contribution in [1.29, 1.82) is 0 Å². The summed E-state index contributed by atoms with van der Waals surface area (Å²) in [5, 5.41) is 84.4. The van der Waals surface area contributed by atoms with Crippen LogP contribution in [0.25, 0.3) is 0 Å². The van der Waals surface area contributed by atoms with Gasteiger partial charge < -0.3 is 59.8 Å². The van der Waals surface area contributed by atoms with Gasteiger partial charge in [0.25, 0.3) is 0 Å². The molecule has 318 valence electrons. The molecule has 0 spiro atoms. The van der Waals surface area contributed by atoms with Crippen LogP contribution in [0.3, 0.4) is 0 Å². The van der Waals surface area contributed by atoms with Crippen molar-refractivity contribution >= 4 is 11.9 Å². The second-order valence-electron chi connectivity index (χ2n) is 20.5. The second-order valence-corrected chi connectivity index (χ2v) is 20.5. The molecule has 14 nitrogen and oxygen atoms in total. The highest BCUT2D eigenvalue weighted by Gasteiger charge is 2.73. The van der Waals surface area contributed by atoms with E-state index in [1.54, 1.807) is 6.92 Å². The first-order valence-corrected chi connectivity index (χ1v) is 20.8. The van der Waals surface area contributed by atoms with Crippen molar-refractivity contribution in [2.45, 2.75) is 180 Å². The first-order chi connectivity index (χ1) is 26.0. The van der Waals surface area contributed by atoms with Gasteiger partial charge in [0, 0.05) is 0 Å². The van der Waals surface area contributed by atoms with Crippen LogP contribution in [0.4, 0.5) is 0 Å². The van der Waals surface area contributed by atoms with E-state index in [9.17, 15) is 50.4 Å². The van der Waals surface area contributed by atoms with Crippen molar-refractivity contribution in [3.05, 3.63) is 11.6 Å². The number of carboxylic acid groups (broad SMARTS) is 1. The molecular weight excluding hydrogens is 728 g/mol. The molecule has 18 atom stereocenters. The number of aliphatic carboxylic acids is 1. The van der Waals surface area contributed by atoms with Crippen LogP contribution in [0.5, 0.6) is 0 Å². The topological polar surface area (TPSA) is 233 Å². The Balaban J connectivity index is 1.20. The summed E-state index contributed by atoms with van der Waals surface area (Å²) in [5.74, 6) is -1.85. The van der Waals surface area contributed by atoms with Crippen molar-refractivity contribution < 1.29 is 69.4 Å². The van der Waals surface area contributed by atoms with E-state index in [2.05, 4.69) is 47.6 Å². The van der Waals surface area contributed by atoms with E-state index in [4.69, 9.17) is 18.9 Å². The molecule has 18 unspecified atom stereocenters. The maximum atomic E-state index is 14.6. The highest BCUT2D eigenvalue weighted by atomic mass is 16.7. The quantitative estimate of drug-likeness (QED) is 0.110. The van der Waals surface area contributed by atoms with Gasteiger partial charge in [-0.3, -0.25) is 9.59 Å². The van der Waals surface area contributed by atoms with Gasteiger partial charge >= 0.3 is 11.9 Å². The van der Waals surface area contributed by atoms with E-state index in [0.717, 1.165) is 18.4 Å². The molecule has 0 aromatic heterocycles. The number of rotatable bonds is 6. The number of allylic oxidation sites excluding steroid dienone is 1. The van der Waals surface area contributed by atoms with Crippen LogP contribution >= 0.6 is 0 Å². The average molecular weight is 795 g/mol. The van der Waals surface area contributed by atoms with Crippen LogP contribution in [-0.2, 0) is 28.5 Å². The van der Waals surface area contributed by atoms with Crippen molar-refractivity contribution in [3.63, 3.8) is 0 Å². The fourth-order valence-electron chi connectivity index (χ4n) is 13.6. The van der Waals surface area contributed by atoms with Gasteiger partial charge in [0.05, 0.1) is 29.6 Å². The van der Waals surface area contributed by atoms with E-state index >= 15 is 0 Å². The summed E-state index contributed by atoms with van der Waals surface area (Å²) in [6.07, 6.45) is -6.40. The molecule has 4 saturated carbocycles. The fraction of sp³-hybridized carbons (Fsp3) is 0.905. The summed E-state index contributed by atoms with van der Waals surface area (Å²) in [4.78, 5) is 28.7. The lowest BCUT2D eigenvalue weighted by atomic mass is 9.33. The van der Waals surface area contributed by atoms with Gasteiger partial charge in [-0.05, 0) is 111 Å². The molecule has 56 heavy (non-hydrogen) atoms. The number of aliphatic hydroxyl groups is 7. The predicted octanol–water partition coefficient (Wildman–Crippen LogP) is 2.41. The van der Waals surface area contributed by atoms with Gasteiger partial charge in [-0.1, -0.05) is 53.2 Å². The number of carbonyl (C=O) groups is 2. The molecule has 8 N–H and O–H groups in total. The fourth-order valence-corrected chi connectivity index (χ4v) is 13.6. The number of hydrogen-bond donors (Lipinski definition) is 8. The molecule has 0 aromatic carbocycles. The number of aliphatic hydroxyl groups excluding tert-OH is 7. The summed E-state index contributed by atoms with van der Waals surface area (Å²) in [6, 6.07) is 0. The van der Waals surface area contributed by atoms with E-state index in [1.165, 1.54) is 0 Å². The molecule has 5 aliphatic carbocycles. The number of esters is 1. The van der Waals surface area contributed by atoms with Crippen molar-refractivity contribution in [2.24, 2.45) is 50.2 Å². The molecule has 0 aromatic rings. The minimum absolute atomic E-state index is 0.00694. The SMILES string of the molecule is CC1OC(OC2CCC3(C)C(CCC4(C)C3CC=C3C5CC(C)(C)CCC5(C(=O)OC5OC(CO)C(O)C(O)C5O)CCC34C(=O)O)C2(C)C)C(O)C(O)C1O. The second kappa shape index (κ2) is 14.2. The minimum Gasteiger partial charge on any atom is -0.481 e. The molecule has 0 bridgehead atoms. The summed E-state index contributed by atoms with van der Waals surface area (Å²) in [5.41, 5.74) is -3.13. The van der Waals surface area contributed by atoms with Crippen molar-refractivity contribution in [2.75, 3.05) is 6.61 Å².